The van der Waals surface area contributed by atoms with Crippen LogP contribution in [0.4, 0.5) is 21.8 Å². The molecular weight excluding hydrogens is 407 g/mol. The van der Waals surface area contributed by atoms with Gasteiger partial charge in [-0.25, -0.2) is 17.8 Å². The van der Waals surface area contributed by atoms with Gasteiger partial charge < -0.3 is 10.2 Å². The Hall–Kier alpha value is -3.11. The summed E-state index contributed by atoms with van der Waals surface area (Å²) in [4.78, 5) is 6.31. The van der Waals surface area contributed by atoms with Gasteiger partial charge in [-0.05, 0) is 61.0 Å². The van der Waals surface area contributed by atoms with Gasteiger partial charge in [-0.2, -0.15) is 4.31 Å². The van der Waals surface area contributed by atoms with Crippen molar-refractivity contribution in [2.45, 2.75) is 11.8 Å². The van der Waals surface area contributed by atoms with Crippen molar-refractivity contribution in [3.63, 3.8) is 0 Å². The molecule has 1 fully saturated rings. The molecule has 0 bridgehead atoms. The van der Waals surface area contributed by atoms with Crippen LogP contribution < -0.4 is 10.2 Å². The molecule has 1 N–H and O–H groups in total. The van der Waals surface area contributed by atoms with E-state index in [1.165, 1.54) is 16.4 Å². The van der Waals surface area contributed by atoms with Crippen LogP contribution in [0.25, 0.3) is 0 Å². The van der Waals surface area contributed by atoms with E-state index < -0.39 is 15.8 Å². The zero-order valence-corrected chi connectivity index (χ0v) is 17.2. The zero-order valence-electron chi connectivity index (χ0n) is 16.4. The van der Waals surface area contributed by atoms with Gasteiger partial charge in [0.15, 0.2) is 11.6 Å². The van der Waals surface area contributed by atoms with Crippen LogP contribution in [0.5, 0.6) is 0 Å². The van der Waals surface area contributed by atoms with E-state index in [0.29, 0.717) is 43.6 Å². The Morgan fingerprint density at radius 2 is 1.67 bits per heavy atom. The smallest absolute Gasteiger partial charge is 0.243 e. The molecule has 1 aromatic carbocycles. The highest BCUT2D eigenvalue weighted by Crippen LogP contribution is 2.21. The predicted octanol–water partition coefficient (Wildman–Crippen LogP) is 2.57. The minimum Gasteiger partial charge on any atom is -0.352 e. The number of pyridine rings is 1. The second-order valence-electron chi connectivity index (χ2n) is 6.97. The number of hydrogen-bond donors (Lipinski definition) is 1. The van der Waals surface area contributed by atoms with Crippen LogP contribution in [0.2, 0.25) is 0 Å². The molecule has 1 aliphatic heterocycles. The Bertz CT molecular complexity index is 1110. The molecule has 0 aliphatic carbocycles. The zero-order chi connectivity index (χ0) is 21.1. The van der Waals surface area contributed by atoms with Crippen LogP contribution in [0.15, 0.2) is 59.6 Å². The van der Waals surface area contributed by atoms with Gasteiger partial charge in [0.2, 0.25) is 10.0 Å². The maximum atomic E-state index is 13.1. The lowest BCUT2D eigenvalue weighted by Crippen LogP contribution is -2.49. The first-order chi connectivity index (χ1) is 14.4. The molecule has 4 rings (SSSR count). The summed E-state index contributed by atoms with van der Waals surface area (Å²) in [5, 5.41) is 11.6. The molecule has 0 saturated carbocycles. The average molecular weight is 428 g/mol. The average Bonchev–Trinajstić information content (AvgIpc) is 2.75. The first-order valence-electron chi connectivity index (χ1n) is 9.46. The van der Waals surface area contributed by atoms with Crippen molar-refractivity contribution in [1.29, 1.82) is 0 Å². The molecule has 3 heterocycles. The lowest BCUT2D eigenvalue weighted by atomic mass is 10.3. The van der Waals surface area contributed by atoms with Crippen molar-refractivity contribution in [1.82, 2.24) is 19.5 Å². The molecule has 0 radical (unpaired) electrons. The standard InChI is InChI=1S/C20H21FN6O2S/c1-15-8-9-22-19(14-15)23-18-6-7-20(25-24-18)26-10-12-27(13-11-26)30(28,29)17-4-2-16(21)3-5-17/h2-9,14H,10-13H2,1H3,(H,22,23,24). The van der Waals surface area contributed by atoms with Crippen LogP contribution in [0.3, 0.4) is 0 Å². The maximum Gasteiger partial charge on any atom is 0.243 e. The van der Waals surface area contributed by atoms with E-state index in [1.807, 2.05) is 36.1 Å². The number of piperazine rings is 1. The highest BCUT2D eigenvalue weighted by atomic mass is 32.2. The SMILES string of the molecule is Cc1ccnc(Nc2ccc(N3CCN(S(=O)(=O)c4ccc(F)cc4)CC3)nn2)c1. The van der Waals surface area contributed by atoms with Crippen molar-refractivity contribution in [3.05, 3.63) is 66.1 Å². The molecule has 3 aromatic rings. The van der Waals surface area contributed by atoms with Crippen molar-refractivity contribution in [2.75, 3.05) is 36.4 Å². The fourth-order valence-corrected chi connectivity index (χ4v) is 4.63. The van der Waals surface area contributed by atoms with Gasteiger partial charge in [-0.3, -0.25) is 0 Å². The second kappa shape index (κ2) is 8.33. The number of aryl methyl sites for hydroxylation is 1. The molecule has 0 unspecified atom stereocenters. The third-order valence-electron chi connectivity index (χ3n) is 4.84. The van der Waals surface area contributed by atoms with E-state index >= 15 is 0 Å². The highest BCUT2D eigenvalue weighted by Gasteiger charge is 2.29. The Kier molecular flexibility index (Phi) is 5.60. The Morgan fingerprint density at radius 3 is 2.30 bits per heavy atom. The van der Waals surface area contributed by atoms with E-state index in [1.54, 1.807) is 6.20 Å². The van der Waals surface area contributed by atoms with Crippen molar-refractivity contribution >= 4 is 27.5 Å². The summed E-state index contributed by atoms with van der Waals surface area (Å²) in [5.41, 5.74) is 1.09. The maximum absolute atomic E-state index is 13.1. The molecule has 0 amide bonds. The summed E-state index contributed by atoms with van der Waals surface area (Å²) in [5.74, 6) is 1.48. The van der Waals surface area contributed by atoms with Crippen molar-refractivity contribution in [3.8, 4) is 0 Å². The molecule has 30 heavy (non-hydrogen) atoms. The summed E-state index contributed by atoms with van der Waals surface area (Å²) in [6.45, 7) is 3.59. The number of nitrogens with zero attached hydrogens (tertiary/aromatic N) is 5. The topological polar surface area (TPSA) is 91.3 Å². The van der Waals surface area contributed by atoms with Gasteiger partial charge in [0.1, 0.15) is 11.6 Å². The Morgan fingerprint density at radius 1 is 0.933 bits per heavy atom. The first kappa shape index (κ1) is 20.2. The molecule has 0 atom stereocenters. The fraction of sp³-hybridized carbons (Fsp3) is 0.250. The van der Waals surface area contributed by atoms with E-state index in [9.17, 15) is 12.8 Å². The third-order valence-corrected chi connectivity index (χ3v) is 6.75. The molecule has 10 heteroatoms. The molecule has 0 spiro atoms. The van der Waals surface area contributed by atoms with Crippen LogP contribution in [-0.4, -0.2) is 54.1 Å². The third kappa shape index (κ3) is 4.39. The van der Waals surface area contributed by atoms with Crippen LogP contribution >= 0.6 is 0 Å². The van der Waals surface area contributed by atoms with Gasteiger partial charge in [-0.1, -0.05) is 0 Å². The van der Waals surface area contributed by atoms with E-state index in [-0.39, 0.29) is 4.90 Å². The van der Waals surface area contributed by atoms with Crippen LogP contribution in [0, 0.1) is 12.7 Å². The lowest BCUT2D eigenvalue weighted by molar-refractivity contribution is 0.383. The number of aromatic nitrogens is 3. The lowest BCUT2D eigenvalue weighted by Gasteiger charge is -2.34. The predicted molar refractivity (Wildman–Crippen MR) is 112 cm³/mol. The summed E-state index contributed by atoms with van der Waals surface area (Å²) in [6.07, 6.45) is 1.72. The minimum absolute atomic E-state index is 0.0947. The monoisotopic (exact) mass is 428 g/mol. The Balaban J connectivity index is 1.38. The summed E-state index contributed by atoms with van der Waals surface area (Å²) in [6, 6.07) is 12.4. The van der Waals surface area contributed by atoms with Gasteiger partial charge in [0.05, 0.1) is 4.90 Å². The van der Waals surface area contributed by atoms with E-state index in [4.69, 9.17) is 0 Å². The Labute approximate surface area is 174 Å². The quantitative estimate of drug-likeness (QED) is 0.668. The number of nitrogens with one attached hydrogen (secondary N) is 1. The highest BCUT2D eigenvalue weighted by molar-refractivity contribution is 7.89. The van der Waals surface area contributed by atoms with Gasteiger partial charge in [0, 0.05) is 32.4 Å². The fourth-order valence-electron chi connectivity index (χ4n) is 3.21. The number of hydrogen-bond acceptors (Lipinski definition) is 7. The normalized spacial score (nSPS) is 15.2. The molecule has 1 saturated heterocycles. The van der Waals surface area contributed by atoms with Gasteiger partial charge >= 0.3 is 0 Å². The van der Waals surface area contributed by atoms with Gasteiger partial charge in [0.25, 0.3) is 0 Å². The van der Waals surface area contributed by atoms with E-state index in [2.05, 4.69) is 20.5 Å². The molecule has 2 aromatic heterocycles. The van der Waals surface area contributed by atoms with Crippen molar-refractivity contribution in [2.24, 2.45) is 0 Å². The number of anilines is 3. The van der Waals surface area contributed by atoms with Crippen molar-refractivity contribution < 1.29 is 12.8 Å². The largest absolute Gasteiger partial charge is 0.352 e. The summed E-state index contributed by atoms with van der Waals surface area (Å²) in [7, 11) is -3.64. The summed E-state index contributed by atoms with van der Waals surface area (Å²) >= 11 is 0. The first-order valence-corrected chi connectivity index (χ1v) is 10.9. The molecule has 8 nitrogen and oxygen atoms in total. The van der Waals surface area contributed by atoms with Gasteiger partial charge in [-0.15, -0.1) is 10.2 Å². The molecule has 1 aliphatic rings. The number of halogens is 1. The molecular formula is C20H21FN6O2S. The van der Waals surface area contributed by atoms with E-state index in [0.717, 1.165) is 17.7 Å². The molecule has 156 valence electrons. The van der Waals surface area contributed by atoms with Crippen LogP contribution in [0.1, 0.15) is 5.56 Å². The van der Waals surface area contributed by atoms with Crippen LogP contribution in [-0.2, 0) is 10.0 Å². The number of rotatable bonds is 5. The number of sulfonamides is 1. The minimum atomic E-state index is -3.64. The summed E-state index contributed by atoms with van der Waals surface area (Å²) < 4.78 is 39.9. The second-order valence-corrected chi connectivity index (χ2v) is 8.90. The number of benzene rings is 1.